The lowest BCUT2D eigenvalue weighted by atomic mass is 10.2. The van der Waals surface area contributed by atoms with Gasteiger partial charge in [-0.05, 0) is 61.8 Å². The van der Waals surface area contributed by atoms with Gasteiger partial charge < -0.3 is 9.47 Å². The van der Waals surface area contributed by atoms with E-state index in [1.54, 1.807) is 30.0 Å². The fraction of sp³-hybridized carbons (Fsp3) is 0.350. The van der Waals surface area contributed by atoms with Crippen molar-refractivity contribution in [1.82, 2.24) is 0 Å². The van der Waals surface area contributed by atoms with E-state index in [-0.39, 0.29) is 12.1 Å². The summed E-state index contributed by atoms with van der Waals surface area (Å²) in [6.07, 6.45) is -0.0370. The zero-order valence-corrected chi connectivity index (χ0v) is 19.0. The molecular weight excluding hydrogens is 432 g/mol. The number of benzene rings is 1. The molecule has 0 saturated carbocycles. The van der Waals surface area contributed by atoms with Crippen LogP contribution in [0.25, 0.3) is 0 Å². The molecule has 144 valence electrons. The molecule has 1 heterocycles. The molecule has 0 bridgehead atoms. The average Bonchev–Trinajstić information content (AvgIpc) is 3.03. The summed E-state index contributed by atoms with van der Waals surface area (Å²) in [5.74, 6) is 0.107. The molecule has 2 rings (SSSR count). The summed E-state index contributed by atoms with van der Waals surface area (Å²) in [5, 5.41) is 2.06. The normalized spacial score (nSPS) is 9.77. The highest BCUT2D eigenvalue weighted by Crippen LogP contribution is 2.34. The van der Waals surface area contributed by atoms with E-state index in [4.69, 9.17) is 9.47 Å². The van der Waals surface area contributed by atoms with Gasteiger partial charge in [0, 0.05) is 33.5 Å². The topological polar surface area (TPSA) is 35.5 Å². The van der Waals surface area contributed by atoms with Gasteiger partial charge in [-0.25, -0.2) is 0 Å². The quantitative estimate of drug-likeness (QED) is 0.252. The number of carbonyl (C=O) groups excluding carboxylic acids is 1. The number of ether oxygens (including phenoxy) is 2. The van der Waals surface area contributed by atoms with Crippen molar-refractivity contribution < 1.29 is 14.3 Å². The van der Waals surface area contributed by atoms with Crippen LogP contribution in [-0.4, -0.2) is 25.3 Å². The van der Waals surface area contributed by atoms with Gasteiger partial charge in [-0.3, -0.25) is 4.79 Å². The fourth-order valence-corrected chi connectivity index (χ4v) is 4.36. The number of rotatable bonds is 7. The Morgan fingerprint density at radius 2 is 1.73 bits per heavy atom. The van der Waals surface area contributed by atoms with Gasteiger partial charge in [0.1, 0.15) is 0 Å². The predicted molar refractivity (Wildman–Crippen MR) is 117 cm³/mol. The van der Waals surface area contributed by atoms with Gasteiger partial charge in [0.15, 0.2) is 12.1 Å². The minimum absolute atomic E-state index is 0.0370. The number of halogens is 1. The Hall–Kier alpha value is -0.920. The number of ketones is 1. The van der Waals surface area contributed by atoms with Gasteiger partial charge in [-0.2, -0.15) is 0 Å². The van der Waals surface area contributed by atoms with Gasteiger partial charge in [0.05, 0.1) is 4.21 Å². The third-order valence-electron chi connectivity index (χ3n) is 2.83. The highest BCUT2D eigenvalue weighted by atomic mass is 79.9. The first-order valence-electron chi connectivity index (χ1n) is 8.22. The Labute approximate surface area is 173 Å². The van der Waals surface area contributed by atoms with Crippen LogP contribution in [0.4, 0.5) is 0 Å². The van der Waals surface area contributed by atoms with E-state index in [9.17, 15) is 4.79 Å². The Balaban J connectivity index is 0.000000533. The predicted octanol–water partition coefficient (Wildman–Crippen LogP) is 7.07. The SMILES string of the molecule is C=C.CC(=O)c1ccc(Sc2cc(Br)cs2)cc1.CCOC(C)OCC. The molecule has 0 aliphatic rings. The summed E-state index contributed by atoms with van der Waals surface area (Å²) in [6, 6.07) is 9.79. The molecule has 0 fully saturated rings. The number of thiophene rings is 1. The number of hydrogen-bond acceptors (Lipinski definition) is 5. The zero-order valence-electron chi connectivity index (χ0n) is 15.8. The molecule has 0 atom stereocenters. The lowest BCUT2D eigenvalue weighted by Gasteiger charge is -2.09. The second-order valence-corrected chi connectivity index (χ2v) is 7.95. The van der Waals surface area contributed by atoms with Gasteiger partial charge in [-0.15, -0.1) is 24.5 Å². The Kier molecular flexibility index (Phi) is 14.6. The Morgan fingerprint density at radius 1 is 1.19 bits per heavy atom. The van der Waals surface area contributed by atoms with Crippen molar-refractivity contribution in [2.75, 3.05) is 13.2 Å². The van der Waals surface area contributed by atoms with Gasteiger partial charge in [-0.1, -0.05) is 23.9 Å². The molecule has 0 spiro atoms. The van der Waals surface area contributed by atoms with Crippen molar-refractivity contribution in [2.24, 2.45) is 0 Å². The molecule has 1 aromatic heterocycles. The van der Waals surface area contributed by atoms with Crippen molar-refractivity contribution in [3.63, 3.8) is 0 Å². The molecule has 6 heteroatoms. The Bertz CT molecular complexity index is 620. The summed E-state index contributed by atoms with van der Waals surface area (Å²) < 4.78 is 12.5. The molecule has 0 saturated heterocycles. The van der Waals surface area contributed by atoms with E-state index in [2.05, 4.69) is 40.5 Å². The molecule has 0 aliphatic carbocycles. The average molecular weight is 459 g/mol. The van der Waals surface area contributed by atoms with Crippen molar-refractivity contribution in [2.45, 2.75) is 43.1 Å². The molecule has 0 unspecified atom stereocenters. The van der Waals surface area contributed by atoms with Crippen LogP contribution in [0, 0.1) is 0 Å². The van der Waals surface area contributed by atoms with E-state index in [0.717, 1.165) is 28.1 Å². The van der Waals surface area contributed by atoms with Gasteiger partial charge in [0.2, 0.25) is 0 Å². The first kappa shape index (κ1) is 25.1. The Morgan fingerprint density at radius 3 is 2.12 bits per heavy atom. The molecule has 0 amide bonds. The standard InChI is InChI=1S/C12H9BrOS2.C6H14O2.C2H4/c1-8(14)9-2-4-11(5-3-9)16-12-6-10(13)7-15-12;1-4-7-6(3)8-5-2;1-2/h2-7H,1H3;6H,4-5H2,1-3H3;1-2H2. The highest BCUT2D eigenvalue weighted by Gasteiger charge is 2.02. The molecule has 0 N–H and O–H groups in total. The van der Waals surface area contributed by atoms with Crippen molar-refractivity contribution in [3.8, 4) is 0 Å². The van der Waals surface area contributed by atoms with Crippen LogP contribution in [0.3, 0.4) is 0 Å². The summed E-state index contributed by atoms with van der Waals surface area (Å²) in [7, 11) is 0. The first-order valence-corrected chi connectivity index (χ1v) is 10.7. The van der Waals surface area contributed by atoms with Crippen LogP contribution in [0.5, 0.6) is 0 Å². The second kappa shape index (κ2) is 15.2. The molecule has 3 nitrogen and oxygen atoms in total. The van der Waals surface area contributed by atoms with E-state index < -0.39 is 0 Å². The fourth-order valence-electron chi connectivity index (χ4n) is 1.74. The van der Waals surface area contributed by atoms with E-state index in [0.29, 0.717) is 0 Å². The monoisotopic (exact) mass is 458 g/mol. The molecule has 0 aliphatic heterocycles. The van der Waals surface area contributed by atoms with Crippen molar-refractivity contribution in [1.29, 1.82) is 0 Å². The second-order valence-electron chi connectivity index (χ2n) is 4.74. The van der Waals surface area contributed by atoms with Crippen LogP contribution < -0.4 is 0 Å². The first-order chi connectivity index (χ1) is 12.5. The number of Topliss-reactive ketones (excluding diaryl/α,β-unsaturated/α-hetero) is 1. The molecule has 2 aromatic rings. The number of hydrogen-bond donors (Lipinski definition) is 0. The smallest absolute Gasteiger partial charge is 0.159 e. The van der Waals surface area contributed by atoms with E-state index >= 15 is 0 Å². The molecular formula is C20H27BrO3S2. The molecule has 1 aromatic carbocycles. The van der Waals surface area contributed by atoms with E-state index in [1.165, 1.54) is 4.21 Å². The van der Waals surface area contributed by atoms with Gasteiger partial charge >= 0.3 is 0 Å². The van der Waals surface area contributed by atoms with E-state index in [1.807, 2.05) is 45.0 Å². The lowest BCUT2D eigenvalue weighted by Crippen LogP contribution is -2.11. The van der Waals surface area contributed by atoms with Crippen LogP contribution in [0.15, 0.2) is 62.4 Å². The third kappa shape index (κ3) is 10.9. The zero-order chi connectivity index (χ0) is 19.9. The van der Waals surface area contributed by atoms with Crippen molar-refractivity contribution in [3.05, 3.63) is 58.9 Å². The van der Waals surface area contributed by atoms with Crippen LogP contribution in [0.2, 0.25) is 0 Å². The summed E-state index contributed by atoms with van der Waals surface area (Å²) in [4.78, 5) is 12.3. The highest BCUT2D eigenvalue weighted by molar-refractivity contribution is 9.10. The van der Waals surface area contributed by atoms with Crippen LogP contribution in [-0.2, 0) is 9.47 Å². The third-order valence-corrected chi connectivity index (χ3v) is 5.67. The van der Waals surface area contributed by atoms with Crippen LogP contribution >= 0.6 is 39.0 Å². The van der Waals surface area contributed by atoms with Gasteiger partial charge in [0.25, 0.3) is 0 Å². The lowest BCUT2D eigenvalue weighted by molar-refractivity contribution is -0.123. The summed E-state index contributed by atoms with van der Waals surface area (Å²) >= 11 is 6.84. The summed E-state index contributed by atoms with van der Waals surface area (Å²) in [5.41, 5.74) is 0.761. The van der Waals surface area contributed by atoms with Crippen molar-refractivity contribution >= 4 is 44.8 Å². The molecule has 0 radical (unpaired) electrons. The largest absolute Gasteiger partial charge is 0.353 e. The minimum Gasteiger partial charge on any atom is -0.353 e. The maximum absolute atomic E-state index is 11.1. The summed E-state index contributed by atoms with van der Waals surface area (Å²) in [6.45, 7) is 14.8. The van der Waals surface area contributed by atoms with Crippen LogP contribution in [0.1, 0.15) is 38.1 Å². The number of carbonyl (C=O) groups is 1. The maximum Gasteiger partial charge on any atom is 0.159 e. The molecule has 26 heavy (non-hydrogen) atoms. The minimum atomic E-state index is -0.0370. The maximum atomic E-state index is 11.1.